The van der Waals surface area contributed by atoms with Gasteiger partial charge in [0.25, 0.3) is 0 Å². The number of amidine groups is 1. The molecule has 0 aliphatic carbocycles. The third-order valence-corrected chi connectivity index (χ3v) is 2.58. The molecule has 1 aromatic carbocycles. The summed E-state index contributed by atoms with van der Waals surface area (Å²) >= 11 is 0. The fourth-order valence-electron chi connectivity index (χ4n) is 1.53. The van der Waals surface area contributed by atoms with E-state index in [2.05, 4.69) is 10.5 Å². The van der Waals surface area contributed by atoms with E-state index in [1.807, 2.05) is 50.2 Å². The van der Waals surface area contributed by atoms with Crippen LogP contribution >= 0.6 is 0 Å². The molecule has 1 aromatic rings. The molecule has 94 valence electrons. The van der Waals surface area contributed by atoms with Gasteiger partial charge in [0, 0.05) is 25.5 Å². The van der Waals surface area contributed by atoms with Gasteiger partial charge in [-0.1, -0.05) is 18.1 Å². The average Bonchev–Trinajstić information content (AvgIpc) is 2.35. The van der Waals surface area contributed by atoms with Crippen LogP contribution in [0.1, 0.15) is 13.3 Å². The summed E-state index contributed by atoms with van der Waals surface area (Å²) in [5.74, 6) is 0.197. The van der Waals surface area contributed by atoms with Crippen LogP contribution in [0, 0.1) is 0 Å². The molecule has 0 amide bonds. The van der Waals surface area contributed by atoms with E-state index >= 15 is 0 Å². The number of nitrogens with one attached hydrogen (secondary N) is 1. The van der Waals surface area contributed by atoms with Gasteiger partial charge in [0.15, 0.2) is 5.84 Å². The molecule has 1 unspecified atom stereocenters. The summed E-state index contributed by atoms with van der Waals surface area (Å²) in [5, 5.41) is 14.9. The molecular formula is C12H20N4O. The number of hydrogen-bond donors (Lipinski definition) is 3. The number of oxime groups is 1. The van der Waals surface area contributed by atoms with Gasteiger partial charge in [-0.05, 0) is 24.6 Å². The zero-order valence-corrected chi connectivity index (χ0v) is 10.5. The average molecular weight is 236 g/mol. The minimum Gasteiger partial charge on any atom is -0.409 e. The van der Waals surface area contributed by atoms with E-state index in [1.165, 1.54) is 0 Å². The fourth-order valence-corrected chi connectivity index (χ4v) is 1.53. The van der Waals surface area contributed by atoms with Crippen LogP contribution in [-0.4, -0.2) is 31.2 Å². The van der Waals surface area contributed by atoms with Crippen molar-refractivity contribution >= 4 is 17.2 Å². The number of anilines is 2. The van der Waals surface area contributed by atoms with E-state index in [1.54, 1.807) is 0 Å². The van der Waals surface area contributed by atoms with E-state index in [4.69, 9.17) is 10.9 Å². The van der Waals surface area contributed by atoms with Gasteiger partial charge in [-0.15, -0.1) is 0 Å². The van der Waals surface area contributed by atoms with E-state index < -0.39 is 0 Å². The van der Waals surface area contributed by atoms with E-state index in [9.17, 15) is 0 Å². The highest BCUT2D eigenvalue weighted by Gasteiger charge is 2.11. The quantitative estimate of drug-likeness (QED) is 0.315. The number of benzene rings is 1. The molecule has 0 fully saturated rings. The highest BCUT2D eigenvalue weighted by Crippen LogP contribution is 2.18. The van der Waals surface area contributed by atoms with E-state index in [0.29, 0.717) is 0 Å². The first kappa shape index (κ1) is 13.2. The lowest BCUT2D eigenvalue weighted by atomic mass is 10.2. The van der Waals surface area contributed by atoms with Crippen LogP contribution in [0.5, 0.6) is 0 Å². The van der Waals surface area contributed by atoms with Crippen molar-refractivity contribution in [2.45, 2.75) is 19.4 Å². The maximum absolute atomic E-state index is 8.67. The van der Waals surface area contributed by atoms with Crippen molar-refractivity contribution in [3.63, 3.8) is 0 Å². The van der Waals surface area contributed by atoms with Crippen LogP contribution in [0.4, 0.5) is 11.4 Å². The molecule has 4 N–H and O–H groups in total. The Bertz CT molecular complexity index is 390. The summed E-state index contributed by atoms with van der Waals surface area (Å²) in [7, 11) is 3.97. The Labute approximate surface area is 102 Å². The van der Waals surface area contributed by atoms with Crippen molar-refractivity contribution in [1.82, 2.24) is 0 Å². The second-order valence-corrected chi connectivity index (χ2v) is 4.07. The first-order valence-electron chi connectivity index (χ1n) is 5.59. The zero-order chi connectivity index (χ0) is 12.8. The molecule has 0 aliphatic heterocycles. The maximum atomic E-state index is 8.67. The summed E-state index contributed by atoms with van der Waals surface area (Å²) in [6.45, 7) is 1.98. The Morgan fingerprint density at radius 2 is 2.24 bits per heavy atom. The molecule has 5 nitrogen and oxygen atoms in total. The molecule has 0 aliphatic rings. The minimum atomic E-state index is -0.155. The Morgan fingerprint density at radius 1 is 1.53 bits per heavy atom. The lowest BCUT2D eigenvalue weighted by molar-refractivity contribution is 0.316. The van der Waals surface area contributed by atoms with Gasteiger partial charge in [0.05, 0.1) is 6.04 Å². The molecule has 1 rings (SSSR count). The molecule has 0 radical (unpaired) electrons. The Kier molecular flexibility index (Phi) is 4.63. The van der Waals surface area contributed by atoms with Gasteiger partial charge in [0.1, 0.15) is 0 Å². The lowest BCUT2D eigenvalue weighted by Crippen LogP contribution is -2.35. The molecule has 5 heteroatoms. The molecule has 0 saturated heterocycles. The summed E-state index contributed by atoms with van der Waals surface area (Å²) < 4.78 is 0. The monoisotopic (exact) mass is 236 g/mol. The Balaban J connectivity index is 2.83. The first-order valence-corrected chi connectivity index (χ1v) is 5.59. The standard InChI is InChI=1S/C12H20N4O/c1-4-11(12(13)15-17)14-9-6-5-7-10(8-9)16(2)3/h5-8,11,14,17H,4H2,1-3H3,(H2,13,15). The van der Waals surface area contributed by atoms with Crippen molar-refractivity contribution in [2.75, 3.05) is 24.3 Å². The molecule has 0 bridgehead atoms. The molecule has 1 atom stereocenters. The number of hydrogen-bond acceptors (Lipinski definition) is 4. The van der Waals surface area contributed by atoms with Gasteiger partial charge in [-0.25, -0.2) is 0 Å². The van der Waals surface area contributed by atoms with Gasteiger partial charge in [-0.2, -0.15) is 0 Å². The number of rotatable bonds is 5. The first-order chi connectivity index (χ1) is 8.08. The molecule has 17 heavy (non-hydrogen) atoms. The highest BCUT2D eigenvalue weighted by atomic mass is 16.4. The predicted molar refractivity (Wildman–Crippen MR) is 71.9 cm³/mol. The van der Waals surface area contributed by atoms with E-state index in [0.717, 1.165) is 17.8 Å². The van der Waals surface area contributed by atoms with Crippen LogP contribution in [0.2, 0.25) is 0 Å². The van der Waals surface area contributed by atoms with Crippen molar-refractivity contribution < 1.29 is 5.21 Å². The van der Waals surface area contributed by atoms with Crippen LogP contribution in [0.3, 0.4) is 0 Å². The van der Waals surface area contributed by atoms with Crippen LogP contribution in [0.15, 0.2) is 29.4 Å². The van der Waals surface area contributed by atoms with Crippen molar-refractivity contribution in [3.8, 4) is 0 Å². The summed E-state index contributed by atoms with van der Waals surface area (Å²) in [4.78, 5) is 2.02. The maximum Gasteiger partial charge on any atom is 0.161 e. The molecular weight excluding hydrogens is 216 g/mol. The summed E-state index contributed by atoms with van der Waals surface area (Å²) in [6, 6.07) is 7.82. The van der Waals surface area contributed by atoms with Crippen molar-refractivity contribution in [3.05, 3.63) is 24.3 Å². The molecule has 0 saturated carbocycles. The zero-order valence-electron chi connectivity index (χ0n) is 10.5. The van der Waals surface area contributed by atoms with Crippen molar-refractivity contribution in [2.24, 2.45) is 10.9 Å². The number of nitrogens with two attached hydrogens (primary N) is 1. The van der Waals surface area contributed by atoms with Crippen LogP contribution in [-0.2, 0) is 0 Å². The SMILES string of the molecule is CCC(Nc1cccc(N(C)C)c1)/C(N)=N/O. The van der Waals surface area contributed by atoms with E-state index in [-0.39, 0.29) is 11.9 Å². The predicted octanol–water partition coefficient (Wildman–Crippen LogP) is 1.69. The van der Waals surface area contributed by atoms with Crippen LogP contribution < -0.4 is 16.0 Å². The molecule has 0 heterocycles. The normalized spacial score (nSPS) is 13.2. The minimum absolute atomic E-state index is 0.155. The summed E-state index contributed by atoms with van der Waals surface area (Å²) in [6.07, 6.45) is 0.752. The van der Waals surface area contributed by atoms with Gasteiger partial charge < -0.3 is 21.2 Å². The number of nitrogens with zero attached hydrogens (tertiary/aromatic N) is 2. The third-order valence-electron chi connectivity index (χ3n) is 2.58. The highest BCUT2D eigenvalue weighted by molar-refractivity contribution is 5.87. The smallest absolute Gasteiger partial charge is 0.161 e. The lowest BCUT2D eigenvalue weighted by Gasteiger charge is -2.19. The van der Waals surface area contributed by atoms with Crippen LogP contribution in [0.25, 0.3) is 0 Å². The summed E-state index contributed by atoms with van der Waals surface area (Å²) in [5.41, 5.74) is 7.66. The third kappa shape index (κ3) is 3.55. The van der Waals surface area contributed by atoms with Gasteiger partial charge >= 0.3 is 0 Å². The van der Waals surface area contributed by atoms with Gasteiger partial charge in [0.2, 0.25) is 0 Å². The topological polar surface area (TPSA) is 73.9 Å². The Hall–Kier alpha value is -1.91. The fraction of sp³-hybridized carbons (Fsp3) is 0.417. The molecule has 0 spiro atoms. The van der Waals surface area contributed by atoms with Crippen molar-refractivity contribution in [1.29, 1.82) is 0 Å². The Morgan fingerprint density at radius 3 is 2.76 bits per heavy atom. The second-order valence-electron chi connectivity index (χ2n) is 4.07. The van der Waals surface area contributed by atoms with Gasteiger partial charge in [-0.3, -0.25) is 0 Å². The second kappa shape index (κ2) is 5.98. The largest absolute Gasteiger partial charge is 0.409 e. The molecule has 0 aromatic heterocycles.